The zero-order valence-electron chi connectivity index (χ0n) is 9.99. The SMILES string of the molecule is CNC(C)(C)Cc1cnc2ccccc2n1. The van der Waals surface area contributed by atoms with Gasteiger partial charge in [0, 0.05) is 18.2 Å². The number of rotatable bonds is 3. The van der Waals surface area contributed by atoms with Crippen LogP contribution >= 0.6 is 0 Å². The minimum Gasteiger partial charge on any atom is -0.314 e. The van der Waals surface area contributed by atoms with Crippen LogP contribution in [0.1, 0.15) is 19.5 Å². The Labute approximate surface area is 95.9 Å². The summed E-state index contributed by atoms with van der Waals surface area (Å²) < 4.78 is 0. The third kappa shape index (κ3) is 2.36. The summed E-state index contributed by atoms with van der Waals surface area (Å²) in [6.07, 6.45) is 2.74. The van der Waals surface area contributed by atoms with Gasteiger partial charge in [-0.15, -0.1) is 0 Å². The van der Waals surface area contributed by atoms with E-state index >= 15 is 0 Å². The average molecular weight is 215 g/mol. The van der Waals surface area contributed by atoms with E-state index in [4.69, 9.17) is 0 Å². The topological polar surface area (TPSA) is 37.8 Å². The molecule has 16 heavy (non-hydrogen) atoms. The normalized spacial score (nSPS) is 11.9. The minimum absolute atomic E-state index is 0.0527. The number of nitrogens with one attached hydrogen (secondary N) is 1. The van der Waals surface area contributed by atoms with Crippen molar-refractivity contribution in [3.63, 3.8) is 0 Å². The van der Waals surface area contributed by atoms with Gasteiger partial charge in [-0.05, 0) is 33.0 Å². The lowest BCUT2D eigenvalue weighted by Crippen LogP contribution is -2.38. The predicted molar refractivity (Wildman–Crippen MR) is 66.4 cm³/mol. The van der Waals surface area contributed by atoms with Gasteiger partial charge in [-0.25, -0.2) is 4.98 Å². The summed E-state index contributed by atoms with van der Waals surface area (Å²) in [6.45, 7) is 4.31. The first-order valence-corrected chi connectivity index (χ1v) is 5.50. The molecule has 0 fully saturated rings. The summed E-state index contributed by atoms with van der Waals surface area (Å²) in [5.74, 6) is 0. The molecule has 0 amide bonds. The molecule has 1 N–H and O–H groups in total. The van der Waals surface area contributed by atoms with Crippen molar-refractivity contribution in [3.05, 3.63) is 36.2 Å². The number of benzene rings is 1. The maximum atomic E-state index is 4.61. The second kappa shape index (κ2) is 4.18. The van der Waals surface area contributed by atoms with E-state index in [9.17, 15) is 0 Å². The molecule has 0 atom stereocenters. The highest BCUT2D eigenvalue weighted by molar-refractivity contribution is 5.73. The van der Waals surface area contributed by atoms with Crippen LogP contribution in [0.5, 0.6) is 0 Å². The molecule has 1 heterocycles. The molecule has 1 aromatic carbocycles. The standard InChI is InChI=1S/C13H17N3/c1-13(2,14-3)8-10-9-15-11-6-4-5-7-12(11)16-10/h4-7,9,14H,8H2,1-3H3. The summed E-state index contributed by atoms with van der Waals surface area (Å²) in [5.41, 5.74) is 3.00. The lowest BCUT2D eigenvalue weighted by Gasteiger charge is -2.23. The summed E-state index contributed by atoms with van der Waals surface area (Å²) >= 11 is 0. The molecular formula is C13H17N3. The van der Waals surface area contributed by atoms with Crippen molar-refractivity contribution in [2.24, 2.45) is 0 Å². The zero-order chi connectivity index (χ0) is 11.6. The number of aromatic nitrogens is 2. The Morgan fingerprint density at radius 1 is 1.19 bits per heavy atom. The van der Waals surface area contributed by atoms with Crippen LogP contribution in [-0.2, 0) is 6.42 Å². The molecule has 3 nitrogen and oxygen atoms in total. The van der Waals surface area contributed by atoms with E-state index in [1.54, 1.807) is 0 Å². The molecular weight excluding hydrogens is 198 g/mol. The van der Waals surface area contributed by atoms with Gasteiger partial charge in [0.05, 0.1) is 16.7 Å². The van der Waals surface area contributed by atoms with Crippen LogP contribution in [0.2, 0.25) is 0 Å². The molecule has 2 rings (SSSR count). The Kier molecular flexibility index (Phi) is 2.88. The van der Waals surface area contributed by atoms with Crippen LogP contribution in [0, 0.1) is 0 Å². The van der Waals surface area contributed by atoms with Crippen molar-refractivity contribution in [1.82, 2.24) is 15.3 Å². The number of fused-ring (bicyclic) bond motifs is 1. The van der Waals surface area contributed by atoms with Crippen LogP contribution in [-0.4, -0.2) is 22.6 Å². The van der Waals surface area contributed by atoms with Gasteiger partial charge >= 0.3 is 0 Å². The first-order valence-electron chi connectivity index (χ1n) is 5.50. The summed E-state index contributed by atoms with van der Waals surface area (Å²) in [6, 6.07) is 7.95. The van der Waals surface area contributed by atoms with E-state index in [0.29, 0.717) is 0 Å². The molecule has 0 aliphatic carbocycles. The van der Waals surface area contributed by atoms with Crippen molar-refractivity contribution in [2.45, 2.75) is 25.8 Å². The van der Waals surface area contributed by atoms with E-state index in [-0.39, 0.29) is 5.54 Å². The Morgan fingerprint density at radius 3 is 2.56 bits per heavy atom. The van der Waals surface area contributed by atoms with Gasteiger partial charge < -0.3 is 5.32 Å². The largest absolute Gasteiger partial charge is 0.314 e. The molecule has 3 heteroatoms. The molecule has 0 spiro atoms. The highest BCUT2D eigenvalue weighted by Crippen LogP contribution is 2.13. The van der Waals surface area contributed by atoms with Crippen molar-refractivity contribution in [2.75, 3.05) is 7.05 Å². The fraction of sp³-hybridized carbons (Fsp3) is 0.385. The summed E-state index contributed by atoms with van der Waals surface area (Å²) in [5, 5.41) is 3.27. The third-order valence-electron chi connectivity index (χ3n) is 2.80. The minimum atomic E-state index is 0.0527. The lowest BCUT2D eigenvalue weighted by molar-refractivity contribution is 0.418. The van der Waals surface area contributed by atoms with Gasteiger partial charge in [-0.2, -0.15) is 0 Å². The highest BCUT2D eigenvalue weighted by Gasteiger charge is 2.16. The number of likely N-dealkylation sites (N-methyl/N-ethyl adjacent to an activating group) is 1. The Hall–Kier alpha value is -1.48. The monoisotopic (exact) mass is 215 g/mol. The highest BCUT2D eigenvalue weighted by atomic mass is 14.9. The van der Waals surface area contributed by atoms with Crippen LogP contribution in [0.15, 0.2) is 30.5 Å². The molecule has 0 saturated carbocycles. The molecule has 2 aromatic rings. The van der Waals surface area contributed by atoms with Crippen molar-refractivity contribution in [3.8, 4) is 0 Å². The van der Waals surface area contributed by atoms with Crippen molar-refractivity contribution >= 4 is 11.0 Å². The van der Waals surface area contributed by atoms with E-state index in [1.807, 2.05) is 37.5 Å². The molecule has 1 aromatic heterocycles. The van der Waals surface area contributed by atoms with Gasteiger partial charge in [-0.1, -0.05) is 12.1 Å². The number of hydrogen-bond donors (Lipinski definition) is 1. The molecule has 0 aliphatic rings. The van der Waals surface area contributed by atoms with E-state index in [2.05, 4.69) is 29.1 Å². The third-order valence-corrected chi connectivity index (χ3v) is 2.80. The van der Waals surface area contributed by atoms with Crippen LogP contribution < -0.4 is 5.32 Å². The predicted octanol–water partition coefficient (Wildman–Crippen LogP) is 2.17. The molecule has 0 bridgehead atoms. The Bertz CT molecular complexity index is 491. The summed E-state index contributed by atoms with van der Waals surface area (Å²) in [7, 11) is 1.97. The smallest absolute Gasteiger partial charge is 0.0890 e. The number of hydrogen-bond acceptors (Lipinski definition) is 3. The molecule has 0 unspecified atom stereocenters. The van der Waals surface area contributed by atoms with Crippen molar-refractivity contribution in [1.29, 1.82) is 0 Å². The van der Waals surface area contributed by atoms with Crippen LogP contribution in [0.25, 0.3) is 11.0 Å². The number of para-hydroxylation sites is 2. The van der Waals surface area contributed by atoms with Gasteiger partial charge in [-0.3, -0.25) is 4.98 Å². The fourth-order valence-electron chi connectivity index (χ4n) is 1.62. The maximum Gasteiger partial charge on any atom is 0.0890 e. The van der Waals surface area contributed by atoms with Crippen LogP contribution in [0.3, 0.4) is 0 Å². The van der Waals surface area contributed by atoms with E-state index < -0.39 is 0 Å². The first-order chi connectivity index (χ1) is 7.61. The van der Waals surface area contributed by atoms with E-state index in [1.165, 1.54) is 0 Å². The van der Waals surface area contributed by atoms with Gasteiger partial charge in [0.1, 0.15) is 0 Å². The van der Waals surface area contributed by atoms with Gasteiger partial charge in [0.2, 0.25) is 0 Å². The molecule has 84 valence electrons. The second-order valence-corrected chi connectivity index (χ2v) is 4.66. The number of nitrogens with zero attached hydrogens (tertiary/aromatic N) is 2. The molecule has 0 radical (unpaired) electrons. The summed E-state index contributed by atoms with van der Waals surface area (Å²) in [4.78, 5) is 9.02. The van der Waals surface area contributed by atoms with E-state index in [0.717, 1.165) is 23.1 Å². The molecule has 0 aliphatic heterocycles. The Balaban J connectivity index is 2.33. The van der Waals surface area contributed by atoms with Crippen molar-refractivity contribution < 1.29 is 0 Å². The van der Waals surface area contributed by atoms with Gasteiger partial charge in [0.25, 0.3) is 0 Å². The second-order valence-electron chi connectivity index (χ2n) is 4.66. The zero-order valence-corrected chi connectivity index (χ0v) is 9.99. The van der Waals surface area contributed by atoms with Crippen LogP contribution in [0.4, 0.5) is 0 Å². The molecule has 0 saturated heterocycles. The maximum absolute atomic E-state index is 4.61. The first kappa shape index (κ1) is 11.0. The Morgan fingerprint density at radius 2 is 1.88 bits per heavy atom. The van der Waals surface area contributed by atoms with Gasteiger partial charge in [0.15, 0.2) is 0 Å². The fourth-order valence-corrected chi connectivity index (χ4v) is 1.62. The lowest BCUT2D eigenvalue weighted by atomic mass is 9.99. The quantitative estimate of drug-likeness (QED) is 0.852. The average Bonchev–Trinajstić information content (AvgIpc) is 2.28.